The lowest BCUT2D eigenvalue weighted by Gasteiger charge is -2.16. The summed E-state index contributed by atoms with van der Waals surface area (Å²) >= 11 is 0. The van der Waals surface area contributed by atoms with Gasteiger partial charge < -0.3 is 10.1 Å². The van der Waals surface area contributed by atoms with Gasteiger partial charge in [-0.25, -0.2) is 0 Å². The van der Waals surface area contributed by atoms with Crippen LogP contribution < -0.4 is 10.1 Å². The number of hydrogen-bond donors (Lipinski definition) is 1. The van der Waals surface area contributed by atoms with Crippen LogP contribution in [-0.4, -0.2) is 12.5 Å². The summed E-state index contributed by atoms with van der Waals surface area (Å²) < 4.78 is 5.64. The number of amides is 1. The molecule has 2 aromatic rings. The maximum absolute atomic E-state index is 12.1. The van der Waals surface area contributed by atoms with Crippen molar-refractivity contribution in [1.82, 2.24) is 5.32 Å². The van der Waals surface area contributed by atoms with Gasteiger partial charge in [-0.3, -0.25) is 4.79 Å². The predicted octanol–water partition coefficient (Wildman–Crippen LogP) is 4.12. The van der Waals surface area contributed by atoms with Crippen molar-refractivity contribution in [3.63, 3.8) is 0 Å². The third kappa shape index (κ3) is 4.59. The van der Waals surface area contributed by atoms with E-state index >= 15 is 0 Å². The molecule has 1 amide bonds. The molecule has 0 saturated carbocycles. The third-order valence-electron chi connectivity index (χ3n) is 4.18. The van der Waals surface area contributed by atoms with Crippen LogP contribution in [0, 0.1) is 13.8 Å². The van der Waals surface area contributed by atoms with E-state index in [2.05, 4.69) is 36.5 Å². The zero-order valence-corrected chi connectivity index (χ0v) is 14.3. The standard InChI is InChI=1S/C20H25NO2/c1-5-17-9-11-18(12-10-17)16(4)21-20(22)13-23-19-8-6-7-14(2)15(19)3/h6-12,16H,5,13H2,1-4H3,(H,21,22)/t16-/m1/s1. The lowest BCUT2D eigenvalue weighted by molar-refractivity contribution is -0.123. The van der Waals surface area contributed by atoms with Gasteiger partial charge in [-0.2, -0.15) is 0 Å². The van der Waals surface area contributed by atoms with Gasteiger partial charge in [0.15, 0.2) is 6.61 Å². The zero-order chi connectivity index (χ0) is 16.8. The summed E-state index contributed by atoms with van der Waals surface area (Å²) in [6.07, 6.45) is 1.02. The average molecular weight is 311 g/mol. The first-order valence-electron chi connectivity index (χ1n) is 8.08. The minimum Gasteiger partial charge on any atom is -0.483 e. The van der Waals surface area contributed by atoms with Gasteiger partial charge in [-0.15, -0.1) is 0 Å². The number of hydrogen-bond acceptors (Lipinski definition) is 2. The molecular formula is C20H25NO2. The van der Waals surface area contributed by atoms with Crippen LogP contribution in [0.15, 0.2) is 42.5 Å². The maximum atomic E-state index is 12.1. The Hall–Kier alpha value is -2.29. The molecule has 23 heavy (non-hydrogen) atoms. The average Bonchev–Trinajstić information content (AvgIpc) is 2.56. The molecule has 1 atom stereocenters. The number of rotatable bonds is 6. The lowest BCUT2D eigenvalue weighted by Crippen LogP contribution is -2.31. The molecule has 0 aromatic heterocycles. The van der Waals surface area contributed by atoms with E-state index in [0.29, 0.717) is 0 Å². The van der Waals surface area contributed by atoms with Crippen molar-refractivity contribution in [3.8, 4) is 5.75 Å². The molecule has 0 radical (unpaired) electrons. The number of benzene rings is 2. The largest absolute Gasteiger partial charge is 0.483 e. The highest BCUT2D eigenvalue weighted by Crippen LogP contribution is 2.20. The number of aryl methyl sites for hydroxylation is 2. The Kier molecular flexibility index (Phi) is 5.80. The van der Waals surface area contributed by atoms with Crippen molar-refractivity contribution >= 4 is 5.91 Å². The Morgan fingerprint density at radius 3 is 2.48 bits per heavy atom. The van der Waals surface area contributed by atoms with Crippen molar-refractivity contribution in [1.29, 1.82) is 0 Å². The Morgan fingerprint density at radius 1 is 1.13 bits per heavy atom. The van der Waals surface area contributed by atoms with Crippen molar-refractivity contribution in [3.05, 3.63) is 64.7 Å². The first-order chi connectivity index (χ1) is 11.0. The van der Waals surface area contributed by atoms with Crippen molar-refractivity contribution < 1.29 is 9.53 Å². The van der Waals surface area contributed by atoms with Gasteiger partial charge in [0.05, 0.1) is 6.04 Å². The van der Waals surface area contributed by atoms with Crippen LogP contribution in [0.3, 0.4) is 0 Å². The second kappa shape index (κ2) is 7.82. The lowest BCUT2D eigenvalue weighted by atomic mass is 10.1. The first kappa shape index (κ1) is 17.1. The summed E-state index contributed by atoms with van der Waals surface area (Å²) in [5.74, 6) is 0.651. The summed E-state index contributed by atoms with van der Waals surface area (Å²) in [5.41, 5.74) is 4.63. The minimum atomic E-state index is -0.113. The van der Waals surface area contributed by atoms with Gasteiger partial charge in [0.1, 0.15) is 5.75 Å². The van der Waals surface area contributed by atoms with Crippen LogP contribution in [0.4, 0.5) is 0 Å². The van der Waals surface area contributed by atoms with E-state index < -0.39 is 0 Å². The molecule has 0 saturated heterocycles. The van der Waals surface area contributed by atoms with Crippen molar-refractivity contribution in [2.75, 3.05) is 6.61 Å². The van der Waals surface area contributed by atoms with Crippen LogP contribution in [-0.2, 0) is 11.2 Å². The van der Waals surface area contributed by atoms with E-state index in [-0.39, 0.29) is 18.6 Å². The molecule has 0 spiro atoms. The van der Waals surface area contributed by atoms with Gasteiger partial charge in [0, 0.05) is 0 Å². The molecule has 2 aromatic carbocycles. The second-order valence-electron chi connectivity index (χ2n) is 5.87. The zero-order valence-electron chi connectivity index (χ0n) is 14.3. The quantitative estimate of drug-likeness (QED) is 0.871. The molecule has 0 heterocycles. The van der Waals surface area contributed by atoms with Crippen LogP contribution in [0.5, 0.6) is 5.75 Å². The highest BCUT2D eigenvalue weighted by molar-refractivity contribution is 5.78. The highest BCUT2D eigenvalue weighted by Gasteiger charge is 2.11. The van der Waals surface area contributed by atoms with Gasteiger partial charge in [-0.1, -0.05) is 43.3 Å². The van der Waals surface area contributed by atoms with Crippen molar-refractivity contribution in [2.45, 2.75) is 40.2 Å². The number of ether oxygens (including phenoxy) is 1. The van der Waals surface area contributed by atoms with E-state index in [1.165, 1.54) is 5.56 Å². The third-order valence-corrected chi connectivity index (χ3v) is 4.18. The number of carbonyl (C=O) groups is 1. The van der Waals surface area contributed by atoms with Crippen molar-refractivity contribution in [2.24, 2.45) is 0 Å². The minimum absolute atomic E-state index is 0.0294. The summed E-state index contributed by atoms with van der Waals surface area (Å²) in [5, 5.41) is 2.97. The van der Waals surface area contributed by atoms with Gasteiger partial charge in [-0.05, 0) is 55.5 Å². The SMILES string of the molecule is CCc1ccc([C@@H](C)NC(=O)COc2cccc(C)c2C)cc1. The summed E-state index contributed by atoms with van der Waals surface area (Å²) in [7, 11) is 0. The van der Waals surface area contributed by atoms with E-state index in [9.17, 15) is 4.79 Å². The summed E-state index contributed by atoms with van der Waals surface area (Å²) in [6.45, 7) is 8.17. The fraction of sp³-hybridized carbons (Fsp3) is 0.350. The molecule has 0 aliphatic carbocycles. The second-order valence-corrected chi connectivity index (χ2v) is 5.87. The fourth-order valence-electron chi connectivity index (χ4n) is 2.43. The molecule has 3 nitrogen and oxygen atoms in total. The molecule has 0 aliphatic heterocycles. The van der Waals surface area contributed by atoms with Gasteiger partial charge in [0.25, 0.3) is 5.91 Å². The first-order valence-corrected chi connectivity index (χ1v) is 8.08. The van der Waals surface area contributed by atoms with E-state index in [4.69, 9.17) is 4.74 Å². The summed E-state index contributed by atoms with van der Waals surface area (Å²) in [4.78, 5) is 12.1. The molecule has 2 rings (SSSR count). The molecule has 1 N–H and O–H groups in total. The fourth-order valence-corrected chi connectivity index (χ4v) is 2.43. The van der Waals surface area contributed by atoms with Crippen LogP contribution in [0.1, 0.15) is 42.1 Å². The maximum Gasteiger partial charge on any atom is 0.258 e. The monoisotopic (exact) mass is 311 g/mol. The van der Waals surface area contributed by atoms with Crippen LogP contribution in [0.2, 0.25) is 0 Å². The molecule has 0 bridgehead atoms. The van der Waals surface area contributed by atoms with E-state index in [1.807, 2.05) is 39.0 Å². The van der Waals surface area contributed by atoms with Crippen LogP contribution >= 0.6 is 0 Å². The predicted molar refractivity (Wildman–Crippen MR) is 93.8 cm³/mol. The van der Waals surface area contributed by atoms with E-state index in [0.717, 1.165) is 28.9 Å². The smallest absolute Gasteiger partial charge is 0.258 e. The Labute approximate surface area is 138 Å². The normalized spacial score (nSPS) is 11.8. The topological polar surface area (TPSA) is 38.3 Å². The molecular weight excluding hydrogens is 286 g/mol. The van der Waals surface area contributed by atoms with Gasteiger partial charge >= 0.3 is 0 Å². The molecule has 3 heteroatoms. The molecule has 0 unspecified atom stereocenters. The van der Waals surface area contributed by atoms with Crippen LogP contribution in [0.25, 0.3) is 0 Å². The van der Waals surface area contributed by atoms with E-state index in [1.54, 1.807) is 0 Å². The molecule has 122 valence electrons. The Balaban J connectivity index is 1.89. The number of nitrogens with one attached hydrogen (secondary N) is 1. The van der Waals surface area contributed by atoms with Gasteiger partial charge in [0.2, 0.25) is 0 Å². The highest BCUT2D eigenvalue weighted by atomic mass is 16.5. The Bertz CT molecular complexity index is 662. The number of carbonyl (C=O) groups excluding carboxylic acids is 1. The Morgan fingerprint density at radius 2 is 1.83 bits per heavy atom. The molecule has 0 fully saturated rings. The molecule has 0 aliphatic rings. The summed E-state index contributed by atoms with van der Waals surface area (Å²) in [6, 6.07) is 14.2.